The lowest BCUT2D eigenvalue weighted by Crippen LogP contribution is -2.39. The number of aliphatic hydroxyl groups excluding tert-OH is 1. The molecule has 0 aliphatic rings. The van der Waals surface area contributed by atoms with Crippen molar-refractivity contribution in [2.24, 2.45) is 5.41 Å². The van der Waals surface area contributed by atoms with Gasteiger partial charge in [0.2, 0.25) is 0 Å². The molecule has 0 saturated carbocycles. The number of aromatic nitrogens is 1. The van der Waals surface area contributed by atoms with Crippen LogP contribution in [-0.2, 0) is 12.6 Å². The Balaban J connectivity index is 1.99. The number of carbonyl (C=O) groups excluding carboxylic acids is 1. The van der Waals surface area contributed by atoms with Gasteiger partial charge in [-0.25, -0.2) is 0 Å². The highest BCUT2D eigenvalue weighted by atomic mass is 19.4. The molecule has 25 heavy (non-hydrogen) atoms. The molecule has 2 N–H and O–H groups in total. The van der Waals surface area contributed by atoms with Crippen LogP contribution in [0.1, 0.15) is 28.5 Å². The molecule has 0 fully saturated rings. The average molecular weight is 352 g/mol. The van der Waals surface area contributed by atoms with Crippen LogP contribution in [0.15, 0.2) is 48.7 Å². The molecule has 1 atom stereocenters. The number of hydrogen-bond acceptors (Lipinski definition) is 3. The van der Waals surface area contributed by atoms with Gasteiger partial charge in [0, 0.05) is 18.2 Å². The molecule has 0 spiro atoms. The number of amides is 1. The van der Waals surface area contributed by atoms with E-state index >= 15 is 0 Å². The Kier molecular flexibility index (Phi) is 5.79. The number of halogens is 3. The Bertz CT molecular complexity index is 703. The van der Waals surface area contributed by atoms with E-state index in [-0.39, 0.29) is 18.7 Å². The molecule has 0 radical (unpaired) electrons. The molecule has 2 rings (SSSR count). The van der Waals surface area contributed by atoms with Crippen molar-refractivity contribution in [1.82, 2.24) is 10.3 Å². The van der Waals surface area contributed by atoms with Gasteiger partial charge in [-0.05, 0) is 24.1 Å². The summed E-state index contributed by atoms with van der Waals surface area (Å²) in [4.78, 5) is 15.4. The molecule has 1 heterocycles. The van der Waals surface area contributed by atoms with Gasteiger partial charge < -0.3 is 10.4 Å². The molecule has 134 valence electrons. The van der Waals surface area contributed by atoms with Crippen molar-refractivity contribution in [1.29, 1.82) is 0 Å². The van der Waals surface area contributed by atoms with Crippen molar-refractivity contribution >= 4 is 5.91 Å². The van der Waals surface area contributed by atoms with Gasteiger partial charge in [0.25, 0.3) is 5.91 Å². The fraction of sp³-hybridized carbons (Fsp3) is 0.333. The summed E-state index contributed by atoms with van der Waals surface area (Å²) in [6, 6.07) is 11.4. The lowest BCUT2D eigenvalue weighted by atomic mass is 9.84. The minimum atomic E-state index is -4.54. The number of pyridine rings is 1. The monoisotopic (exact) mass is 352 g/mol. The third-order valence-corrected chi connectivity index (χ3v) is 3.85. The zero-order valence-electron chi connectivity index (χ0n) is 13.7. The van der Waals surface area contributed by atoms with E-state index in [1.807, 2.05) is 37.3 Å². The number of nitrogens with one attached hydrogen (secondary N) is 1. The highest BCUT2D eigenvalue weighted by Gasteiger charge is 2.32. The molecule has 1 aromatic heterocycles. The molecule has 0 aliphatic carbocycles. The molecule has 1 aromatic carbocycles. The molecule has 1 unspecified atom stereocenters. The quantitative estimate of drug-likeness (QED) is 0.840. The predicted octanol–water partition coefficient (Wildman–Crippen LogP) is 3.07. The second-order valence-corrected chi connectivity index (χ2v) is 6.24. The van der Waals surface area contributed by atoms with Crippen LogP contribution in [0.5, 0.6) is 0 Å². The van der Waals surface area contributed by atoms with Gasteiger partial charge in [-0.1, -0.05) is 37.3 Å². The number of benzene rings is 1. The van der Waals surface area contributed by atoms with Crippen LogP contribution in [0.3, 0.4) is 0 Å². The number of aliphatic hydroxyl groups is 1. The summed E-state index contributed by atoms with van der Waals surface area (Å²) in [7, 11) is 0. The Morgan fingerprint density at radius 3 is 2.36 bits per heavy atom. The van der Waals surface area contributed by atoms with Gasteiger partial charge in [0.05, 0.1) is 12.2 Å². The number of alkyl halides is 3. The van der Waals surface area contributed by atoms with Crippen LogP contribution < -0.4 is 5.32 Å². The number of rotatable bonds is 6. The molecule has 0 saturated heterocycles. The third kappa shape index (κ3) is 5.29. The summed E-state index contributed by atoms with van der Waals surface area (Å²) in [6.45, 7) is 1.86. The second kappa shape index (κ2) is 7.65. The van der Waals surface area contributed by atoms with Crippen LogP contribution in [0.25, 0.3) is 0 Å². The average Bonchev–Trinajstić information content (AvgIpc) is 2.60. The van der Waals surface area contributed by atoms with E-state index in [4.69, 9.17) is 0 Å². The Labute approximate surface area is 143 Å². The lowest BCUT2D eigenvalue weighted by Gasteiger charge is -2.27. The van der Waals surface area contributed by atoms with Gasteiger partial charge >= 0.3 is 6.18 Å². The highest BCUT2D eigenvalue weighted by molar-refractivity contribution is 5.93. The van der Waals surface area contributed by atoms with Gasteiger partial charge in [-0.2, -0.15) is 13.2 Å². The maximum absolute atomic E-state index is 12.5. The summed E-state index contributed by atoms with van der Waals surface area (Å²) in [5.41, 5.74) is -0.582. The first-order valence-corrected chi connectivity index (χ1v) is 7.70. The molecule has 0 aliphatic heterocycles. The first kappa shape index (κ1) is 18.9. The zero-order valence-corrected chi connectivity index (χ0v) is 13.7. The van der Waals surface area contributed by atoms with E-state index < -0.39 is 23.2 Å². The Morgan fingerprint density at radius 1 is 1.16 bits per heavy atom. The smallest absolute Gasteiger partial charge is 0.396 e. The van der Waals surface area contributed by atoms with Gasteiger partial charge in [0.15, 0.2) is 0 Å². The van der Waals surface area contributed by atoms with Crippen molar-refractivity contribution in [3.8, 4) is 0 Å². The largest absolute Gasteiger partial charge is 0.433 e. The van der Waals surface area contributed by atoms with Gasteiger partial charge in [0.1, 0.15) is 5.69 Å². The van der Waals surface area contributed by atoms with E-state index in [9.17, 15) is 23.1 Å². The van der Waals surface area contributed by atoms with Crippen molar-refractivity contribution in [3.63, 3.8) is 0 Å². The van der Waals surface area contributed by atoms with Crippen LogP contribution in [0.2, 0.25) is 0 Å². The fourth-order valence-electron chi connectivity index (χ4n) is 2.35. The molecule has 2 aromatic rings. The minimum absolute atomic E-state index is 0.0352. The lowest BCUT2D eigenvalue weighted by molar-refractivity contribution is -0.141. The van der Waals surface area contributed by atoms with Crippen molar-refractivity contribution in [2.75, 3.05) is 13.2 Å². The van der Waals surface area contributed by atoms with E-state index in [1.165, 1.54) is 0 Å². The van der Waals surface area contributed by atoms with Crippen LogP contribution >= 0.6 is 0 Å². The molecule has 4 nitrogen and oxygen atoms in total. The summed E-state index contributed by atoms with van der Waals surface area (Å²) < 4.78 is 37.5. The van der Waals surface area contributed by atoms with Gasteiger partial charge in [-0.15, -0.1) is 0 Å². The molecule has 7 heteroatoms. The first-order valence-electron chi connectivity index (χ1n) is 7.70. The normalized spacial score (nSPS) is 14.0. The van der Waals surface area contributed by atoms with Crippen LogP contribution in [0, 0.1) is 5.41 Å². The van der Waals surface area contributed by atoms with Crippen LogP contribution in [-0.4, -0.2) is 29.1 Å². The number of nitrogens with zero attached hydrogens (tertiary/aromatic N) is 1. The van der Waals surface area contributed by atoms with Gasteiger partial charge in [-0.3, -0.25) is 9.78 Å². The number of carbonyl (C=O) groups is 1. The summed E-state index contributed by atoms with van der Waals surface area (Å²) >= 11 is 0. The van der Waals surface area contributed by atoms with E-state index in [1.54, 1.807) is 0 Å². The van der Waals surface area contributed by atoms with E-state index in [0.29, 0.717) is 6.42 Å². The molecular weight excluding hydrogens is 333 g/mol. The van der Waals surface area contributed by atoms with Crippen molar-refractivity contribution in [3.05, 3.63) is 65.5 Å². The van der Waals surface area contributed by atoms with Crippen LogP contribution in [0.4, 0.5) is 13.2 Å². The standard InChI is InChI=1S/C18H19F3N2O2/c1-17(12-24,9-13-5-3-2-4-6-13)11-23-16(25)14-7-8-15(22-10-14)18(19,20)21/h2-8,10,24H,9,11-12H2,1H3,(H,23,25). The maximum atomic E-state index is 12.5. The predicted molar refractivity (Wildman–Crippen MR) is 86.9 cm³/mol. The van der Waals surface area contributed by atoms with E-state index in [2.05, 4.69) is 10.3 Å². The maximum Gasteiger partial charge on any atom is 0.433 e. The third-order valence-electron chi connectivity index (χ3n) is 3.85. The summed E-state index contributed by atoms with van der Waals surface area (Å²) in [5.74, 6) is -0.533. The molecule has 1 amide bonds. The van der Waals surface area contributed by atoms with Crippen molar-refractivity contribution < 1.29 is 23.1 Å². The van der Waals surface area contributed by atoms with E-state index in [0.717, 1.165) is 23.9 Å². The topological polar surface area (TPSA) is 62.2 Å². The SMILES string of the molecule is CC(CO)(CNC(=O)c1ccc(C(F)(F)F)nc1)Cc1ccccc1. The fourth-order valence-corrected chi connectivity index (χ4v) is 2.35. The minimum Gasteiger partial charge on any atom is -0.396 e. The summed E-state index contributed by atoms with van der Waals surface area (Å²) in [6.07, 6.45) is -3.10. The molecular formula is C18H19F3N2O2. The first-order chi connectivity index (χ1) is 11.7. The zero-order chi connectivity index (χ0) is 18.5. The molecule has 0 bridgehead atoms. The summed E-state index contributed by atoms with van der Waals surface area (Å²) in [5, 5.41) is 12.3. The van der Waals surface area contributed by atoms with Crippen molar-refractivity contribution in [2.45, 2.75) is 19.5 Å². The Morgan fingerprint density at radius 2 is 1.84 bits per heavy atom. The Hall–Kier alpha value is -2.41. The second-order valence-electron chi connectivity index (χ2n) is 6.24. The number of hydrogen-bond donors (Lipinski definition) is 2. The highest BCUT2D eigenvalue weighted by Crippen LogP contribution is 2.27.